The number of esters is 1. The molecule has 0 fully saturated rings. The number of hydrogen-bond acceptors (Lipinski definition) is 6. The lowest BCUT2D eigenvalue weighted by Crippen LogP contribution is -2.23. The van der Waals surface area contributed by atoms with Crippen molar-refractivity contribution in [2.45, 2.75) is 20.8 Å². The largest absolute Gasteiger partial charge is 0.452 e. The Bertz CT molecular complexity index is 1260. The summed E-state index contributed by atoms with van der Waals surface area (Å²) in [5, 5.41) is 23.3. The predicted molar refractivity (Wildman–Crippen MR) is 117 cm³/mol. The van der Waals surface area contributed by atoms with Crippen molar-refractivity contribution >= 4 is 23.4 Å². The van der Waals surface area contributed by atoms with Crippen LogP contribution in [0, 0.1) is 42.2 Å². The minimum atomic E-state index is -0.854. The second-order valence-corrected chi connectivity index (χ2v) is 7.05. The lowest BCUT2D eigenvalue weighted by molar-refractivity contribution is -0.385. The molecule has 32 heavy (non-hydrogen) atoms. The fourth-order valence-electron chi connectivity index (χ4n) is 3.38. The second kappa shape index (κ2) is 9.14. The SMILES string of the molecule is Cc1c(C(=O)OCC(=O)Nc2c(C#N)c(C)c(C)n2-c2ccccc2)cccc1[N+](=O)[O-]. The van der Waals surface area contributed by atoms with Gasteiger partial charge in [0.1, 0.15) is 11.9 Å². The van der Waals surface area contributed by atoms with Crippen molar-refractivity contribution in [1.82, 2.24) is 4.57 Å². The molecule has 1 heterocycles. The van der Waals surface area contributed by atoms with E-state index in [1.54, 1.807) is 11.5 Å². The average Bonchev–Trinajstić information content (AvgIpc) is 3.01. The number of anilines is 1. The van der Waals surface area contributed by atoms with Gasteiger partial charge in [-0.2, -0.15) is 5.26 Å². The van der Waals surface area contributed by atoms with Gasteiger partial charge in [-0.25, -0.2) is 4.79 Å². The molecule has 9 nitrogen and oxygen atoms in total. The molecule has 0 radical (unpaired) electrons. The van der Waals surface area contributed by atoms with E-state index in [9.17, 15) is 25.0 Å². The van der Waals surface area contributed by atoms with Gasteiger partial charge in [-0.3, -0.25) is 19.5 Å². The Morgan fingerprint density at radius 1 is 1.09 bits per heavy atom. The van der Waals surface area contributed by atoms with Gasteiger partial charge in [-0.15, -0.1) is 0 Å². The maximum atomic E-state index is 12.6. The maximum absolute atomic E-state index is 12.6. The van der Waals surface area contributed by atoms with Crippen molar-refractivity contribution in [3.05, 3.63) is 86.6 Å². The van der Waals surface area contributed by atoms with E-state index in [0.29, 0.717) is 5.56 Å². The minimum absolute atomic E-state index is 0.00376. The number of nitro benzene ring substituents is 1. The predicted octanol–water partition coefficient (Wildman–Crippen LogP) is 3.98. The van der Waals surface area contributed by atoms with Crippen molar-refractivity contribution in [1.29, 1.82) is 5.26 Å². The lowest BCUT2D eigenvalue weighted by Gasteiger charge is -2.13. The normalized spacial score (nSPS) is 10.3. The summed E-state index contributed by atoms with van der Waals surface area (Å²) in [5.41, 5.74) is 2.51. The molecule has 0 spiro atoms. The van der Waals surface area contributed by atoms with Gasteiger partial charge in [0.15, 0.2) is 6.61 Å². The summed E-state index contributed by atoms with van der Waals surface area (Å²) in [6, 6.07) is 15.4. The van der Waals surface area contributed by atoms with Crippen LogP contribution in [0.1, 0.15) is 32.7 Å². The van der Waals surface area contributed by atoms with Crippen molar-refractivity contribution in [3.63, 3.8) is 0 Å². The van der Waals surface area contributed by atoms with Crippen LogP contribution < -0.4 is 5.32 Å². The fourth-order valence-corrected chi connectivity index (χ4v) is 3.38. The summed E-state index contributed by atoms with van der Waals surface area (Å²) in [4.78, 5) is 35.4. The van der Waals surface area contributed by atoms with Crippen LogP contribution in [0.3, 0.4) is 0 Å². The molecule has 0 aliphatic carbocycles. The van der Waals surface area contributed by atoms with E-state index >= 15 is 0 Å². The van der Waals surface area contributed by atoms with E-state index in [1.807, 2.05) is 37.3 Å². The molecule has 1 N–H and O–H groups in total. The number of para-hydroxylation sites is 1. The minimum Gasteiger partial charge on any atom is -0.452 e. The molecular formula is C23H20N4O5. The highest BCUT2D eigenvalue weighted by Crippen LogP contribution is 2.30. The summed E-state index contributed by atoms with van der Waals surface area (Å²) in [7, 11) is 0. The number of hydrogen-bond donors (Lipinski definition) is 1. The van der Waals surface area contributed by atoms with Crippen LogP contribution in [0.15, 0.2) is 48.5 Å². The number of nitriles is 1. The molecule has 0 atom stereocenters. The Kier molecular flexibility index (Phi) is 6.35. The zero-order valence-electron chi connectivity index (χ0n) is 17.7. The topological polar surface area (TPSA) is 127 Å². The third-order valence-electron chi connectivity index (χ3n) is 5.15. The Hall–Kier alpha value is -4.45. The van der Waals surface area contributed by atoms with Gasteiger partial charge >= 0.3 is 5.97 Å². The molecule has 1 aromatic heterocycles. The van der Waals surface area contributed by atoms with Gasteiger partial charge < -0.3 is 10.1 Å². The highest BCUT2D eigenvalue weighted by molar-refractivity contribution is 5.97. The molecule has 0 aliphatic heterocycles. The number of rotatable bonds is 6. The zero-order valence-corrected chi connectivity index (χ0v) is 17.7. The quantitative estimate of drug-likeness (QED) is 0.357. The van der Waals surface area contributed by atoms with Crippen LogP contribution >= 0.6 is 0 Å². The molecule has 0 unspecified atom stereocenters. The molecule has 3 aromatic rings. The molecule has 0 bridgehead atoms. The molecule has 0 saturated heterocycles. The Morgan fingerprint density at radius 3 is 2.41 bits per heavy atom. The number of nitrogens with one attached hydrogen (secondary N) is 1. The monoisotopic (exact) mass is 432 g/mol. The van der Waals surface area contributed by atoms with Crippen molar-refractivity contribution in [2.24, 2.45) is 0 Å². The molecule has 162 valence electrons. The van der Waals surface area contributed by atoms with E-state index in [4.69, 9.17) is 4.74 Å². The molecule has 2 aromatic carbocycles. The van der Waals surface area contributed by atoms with Gasteiger partial charge in [0.25, 0.3) is 11.6 Å². The molecule has 9 heteroatoms. The van der Waals surface area contributed by atoms with Gasteiger partial charge in [0.2, 0.25) is 0 Å². The number of ether oxygens (including phenoxy) is 1. The highest BCUT2D eigenvalue weighted by Gasteiger charge is 2.23. The molecule has 0 saturated carbocycles. The van der Waals surface area contributed by atoms with E-state index in [2.05, 4.69) is 11.4 Å². The van der Waals surface area contributed by atoms with Crippen LogP contribution in [0.4, 0.5) is 11.5 Å². The van der Waals surface area contributed by atoms with E-state index in [0.717, 1.165) is 16.9 Å². The number of nitrogens with zero attached hydrogens (tertiary/aromatic N) is 3. The van der Waals surface area contributed by atoms with Crippen molar-refractivity contribution in [3.8, 4) is 11.8 Å². The first kappa shape index (κ1) is 22.2. The highest BCUT2D eigenvalue weighted by atomic mass is 16.6. The first-order valence-electron chi connectivity index (χ1n) is 9.64. The molecule has 0 aliphatic rings. The lowest BCUT2D eigenvalue weighted by atomic mass is 10.1. The second-order valence-electron chi connectivity index (χ2n) is 7.05. The maximum Gasteiger partial charge on any atom is 0.339 e. The molecule has 1 amide bonds. The number of benzene rings is 2. The van der Waals surface area contributed by atoms with Crippen LogP contribution in [0.2, 0.25) is 0 Å². The first-order valence-corrected chi connectivity index (χ1v) is 9.64. The van der Waals surface area contributed by atoms with Crippen LogP contribution in [-0.4, -0.2) is 28.0 Å². The summed E-state index contributed by atoms with van der Waals surface area (Å²) >= 11 is 0. The van der Waals surface area contributed by atoms with E-state index in [-0.39, 0.29) is 22.6 Å². The number of aromatic nitrogens is 1. The Morgan fingerprint density at radius 2 is 1.78 bits per heavy atom. The third kappa shape index (κ3) is 4.20. The number of carbonyl (C=O) groups excluding carboxylic acids is 2. The van der Waals surface area contributed by atoms with Crippen LogP contribution in [0.5, 0.6) is 0 Å². The summed E-state index contributed by atoms with van der Waals surface area (Å²) in [5.74, 6) is -1.22. The number of carbonyl (C=O) groups is 2. The molecule has 3 rings (SSSR count). The van der Waals surface area contributed by atoms with Crippen molar-refractivity contribution < 1.29 is 19.2 Å². The van der Waals surface area contributed by atoms with E-state index < -0.39 is 23.4 Å². The summed E-state index contributed by atoms with van der Waals surface area (Å²) < 4.78 is 6.82. The van der Waals surface area contributed by atoms with Gasteiger partial charge in [-0.05, 0) is 44.5 Å². The summed E-state index contributed by atoms with van der Waals surface area (Å²) in [6.07, 6.45) is 0. The summed E-state index contributed by atoms with van der Waals surface area (Å²) in [6.45, 7) is 4.44. The number of nitro groups is 1. The van der Waals surface area contributed by atoms with Gasteiger partial charge in [0, 0.05) is 23.0 Å². The van der Waals surface area contributed by atoms with Gasteiger partial charge in [-0.1, -0.05) is 24.3 Å². The smallest absolute Gasteiger partial charge is 0.339 e. The van der Waals surface area contributed by atoms with Crippen LogP contribution in [0.25, 0.3) is 5.69 Å². The first-order chi connectivity index (χ1) is 15.3. The van der Waals surface area contributed by atoms with E-state index in [1.165, 1.54) is 25.1 Å². The van der Waals surface area contributed by atoms with Gasteiger partial charge in [0.05, 0.1) is 16.1 Å². The molecular weight excluding hydrogens is 412 g/mol. The number of amides is 1. The zero-order chi connectivity index (χ0) is 23.4. The fraction of sp³-hybridized carbons (Fsp3) is 0.174. The average molecular weight is 432 g/mol. The van der Waals surface area contributed by atoms with Crippen molar-refractivity contribution in [2.75, 3.05) is 11.9 Å². The Labute approximate surface area is 184 Å². The van der Waals surface area contributed by atoms with Crippen LogP contribution in [-0.2, 0) is 9.53 Å². The standard InChI is InChI=1S/C23H20N4O5/c1-14-16(3)26(17-8-5-4-6-9-17)22(19(14)12-24)25-21(28)13-32-23(29)18-10-7-11-20(15(18)2)27(30)31/h4-11H,13H2,1-3H3,(H,25,28). The third-order valence-corrected chi connectivity index (χ3v) is 5.15. The Balaban J connectivity index is 1.81.